The molecule has 2 heterocycles. The largest absolute Gasteiger partial charge is 0.455 e. The molecule has 0 fully saturated rings. The number of rotatable bonds is 6. The Labute approximate surface area is 346 Å². The van der Waals surface area contributed by atoms with Crippen LogP contribution in [0, 0.1) is 0 Å². The molecule has 12 aromatic rings. The Hall–Kier alpha value is -7.88. The van der Waals surface area contributed by atoms with E-state index in [0.29, 0.717) is 11.4 Å². The van der Waals surface area contributed by atoms with Crippen molar-refractivity contribution in [2.45, 2.75) is 0 Å². The summed E-state index contributed by atoms with van der Waals surface area (Å²) in [5.41, 5.74) is 8.92. The molecule has 0 aliphatic rings. The van der Waals surface area contributed by atoms with E-state index in [9.17, 15) is 5.48 Å². The fraction of sp³-hybridized carbons (Fsp3) is 0. The molecule has 0 amide bonds. The van der Waals surface area contributed by atoms with E-state index in [-0.39, 0.29) is 35.5 Å². The zero-order valence-electron chi connectivity index (χ0n) is 35.8. The fourth-order valence-corrected chi connectivity index (χ4v) is 8.92. The van der Waals surface area contributed by atoms with Gasteiger partial charge < -0.3 is 13.9 Å². The summed E-state index contributed by atoms with van der Waals surface area (Å²) in [7, 11) is 0. The molecule has 0 unspecified atom stereocenters. The molecule has 59 heavy (non-hydrogen) atoms. The second kappa shape index (κ2) is 13.4. The maximum Gasteiger partial charge on any atom is 0.143 e. The Morgan fingerprint density at radius 1 is 0.407 bits per heavy atom. The zero-order chi connectivity index (χ0) is 42.3. The SMILES string of the molecule is [2H]c1c([2H])c(-n2c3ccccc3c3ccccc32)c([2H])c([2H])c1N(c1ccc(-c2cccc3ccccc23)cc1)c1ccccc1-c1ccc2ccc3c4ccccc4oc3c2c1. The van der Waals surface area contributed by atoms with Crippen LogP contribution in [-0.4, -0.2) is 4.57 Å². The van der Waals surface area contributed by atoms with Gasteiger partial charge in [-0.3, -0.25) is 0 Å². The topological polar surface area (TPSA) is 21.3 Å². The van der Waals surface area contributed by atoms with Crippen LogP contribution in [0.3, 0.4) is 0 Å². The maximum absolute atomic E-state index is 9.86. The lowest BCUT2D eigenvalue weighted by Crippen LogP contribution is -2.11. The van der Waals surface area contributed by atoms with Crippen LogP contribution in [0.1, 0.15) is 5.48 Å². The average Bonchev–Trinajstić information content (AvgIpc) is 3.89. The predicted molar refractivity (Wildman–Crippen MR) is 249 cm³/mol. The molecule has 3 nitrogen and oxygen atoms in total. The van der Waals surface area contributed by atoms with Gasteiger partial charge in [-0.25, -0.2) is 0 Å². The van der Waals surface area contributed by atoms with E-state index in [1.54, 1.807) is 0 Å². The van der Waals surface area contributed by atoms with Crippen LogP contribution in [0.25, 0.3) is 93.2 Å². The van der Waals surface area contributed by atoms with Crippen LogP contribution in [0.5, 0.6) is 0 Å². The first-order chi connectivity index (χ1) is 30.9. The number of hydrogen-bond donors (Lipinski definition) is 0. The monoisotopic (exact) mass is 756 g/mol. The summed E-state index contributed by atoms with van der Waals surface area (Å²) >= 11 is 0. The Balaban J connectivity index is 1.09. The van der Waals surface area contributed by atoms with Crippen molar-refractivity contribution >= 4 is 82.4 Å². The van der Waals surface area contributed by atoms with Crippen LogP contribution in [0.4, 0.5) is 17.1 Å². The average molecular weight is 757 g/mol. The van der Waals surface area contributed by atoms with Gasteiger partial charge in [0.15, 0.2) is 0 Å². The lowest BCUT2D eigenvalue weighted by atomic mass is 9.96. The highest BCUT2D eigenvalue weighted by Gasteiger charge is 2.20. The van der Waals surface area contributed by atoms with Crippen molar-refractivity contribution in [1.82, 2.24) is 4.57 Å². The summed E-state index contributed by atoms with van der Waals surface area (Å²) in [4.78, 5) is 1.89. The molecule has 3 heteroatoms. The van der Waals surface area contributed by atoms with Gasteiger partial charge in [0.2, 0.25) is 0 Å². The van der Waals surface area contributed by atoms with Gasteiger partial charge in [-0.15, -0.1) is 0 Å². The first-order valence-electron chi connectivity index (χ1n) is 21.9. The van der Waals surface area contributed by atoms with Gasteiger partial charge in [0.05, 0.1) is 22.2 Å². The molecular weight excluding hydrogens is 717 g/mol. The van der Waals surface area contributed by atoms with Gasteiger partial charge >= 0.3 is 0 Å². The van der Waals surface area contributed by atoms with Crippen molar-refractivity contribution in [3.05, 3.63) is 218 Å². The Morgan fingerprint density at radius 2 is 1.00 bits per heavy atom. The molecule has 0 saturated heterocycles. The van der Waals surface area contributed by atoms with E-state index >= 15 is 0 Å². The molecular formula is C56H36N2O. The molecule has 0 saturated carbocycles. The summed E-state index contributed by atoms with van der Waals surface area (Å²) in [6.07, 6.45) is 0. The van der Waals surface area contributed by atoms with Gasteiger partial charge in [-0.2, -0.15) is 0 Å². The van der Waals surface area contributed by atoms with E-state index in [4.69, 9.17) is 4.42 Å². The molecule has 0 bridgehead atoms. The van der Waals surface area contributed by atoms with Crippen LogP contribution in [-0.2, 0) is 0 Å². The summed E-state index contributed by atoms with van der Waals surface area (Å²) < 4.78 is 47.5. The second-order valence-electron chi connectivity index (χ2n) is 15.0. The van der Waals surface area contributed by atoms with Crippen LogP contribution >= 0.6 is 0 Å². The molecule has 0 radical (unpaired) electrons. The molecule has 0 N–H and O–H groups in total. The Kier molecular flexibility index (Phi) is 6.65. The maximum atomic E-state index is 9.86. The van der Waals surface area contributed by atoms with E-state index in [2.05, 4.69) is 91.0 Å². The molecule has 0 atom stereocenters. The summed E-state index contributed by atoms with van der Waals surface area (Å²) in [5, 5.41) is 8.37. The summed E-state index contributed by atoms with van der Waals surface area (Å²) in [6.45, 7) is 0. The number of furan rings is 1. The number of anilines is 3. The number of nitrogens with zero attached hydrogens (tertiary/aromatic N) is 2. The minimum Gasteiger partial charge on any atom is -0.455 e. The number of benzene rings is 10. The van der Waals surface area contributed by atoms with E-state index in [1.165, 1.54) is 0 Å². The van der Waals surface area contributed by atoms with Crippen molar-refractivity contribution in [3.63, 3.8) is 0 Å². The number of fused-ring (bicyclic) bond motifs is 9. The third-order valence-electron chi connectivity index (χ3n) is 11.7. The van der Waals surface area contributed by atoms with Crippen molar-refractivity contribution in [3.8, 4) is 27.9 Å². The molecule has 276 valence electrons. The van der Waals surface area contributed by atoms with Gasteiger partial charge in [-0.05, 0) is 106 Å². The van der Waals surface area contributed by atoms with E-state index < -0.39 is 0 Å². The van der Waals surface area contributed by atoms with Gasteiger partial charge in [0, 0.05) is 49.6 Å². The number of hydrogen-bond acceptors (Lipinski definition) is 2. The highest BCUT2D eigenvalue weighted by atomic mass is 16.3. The van der Waals surface area contributed by atoms with Crippen molar-refractivity contribution in [1.29, 1.82) is 0 Å². The highest BCUT2D eigenvalue weighted by molar-refractivity contribution is 6.16. The molecule has 0 aliphatic carbocycles. The highest BCUT2D eigenvalue weighted by Crippen LogP contribution is 2.44. The van der Waals surface area contributed by atoms with Crippen LogP contribution < -0.4 is 4.90 Å². The van der Waals surface area contributed by atoms with Crippen molar-refractivity contribution < 1.29 is 9.90 Å². The standard InChI is InChI=1S/C56H36N2O/c1-2-14-44-37(12-1)13-11-19-45(44)38-26-29-41(30-27-38)57(42-31-33-43(34-32-42)58-53-21-8-4-16-47(53)48-17-5-9-22-54(48)58)52-20-7-3-15-46(52)40-25-24-39-28-35-50-49-18-6-10-23-55(49)59-56(50)51(39)36-40/h1-36H/i31D,32D,33D,34D. The molecule has 0 spiro atoms. The summed E-state index contributed by atoms with van der Waals surface area (Å²) in [6, 6.07) is 64.8. The van der Waals surface area contributed by atoms with Crippen LogP contribution in [0.15, 0.2) is 223 Å². The van der Waals surface area contributed by atoms with E-state index in [1.807, 2.05) is 113 Å². The van der Waals surface area contributed by atoms with Crippen molar-refractivity contribution in [2.75, 3.05) is 4.90 Å². The lowest BCUT2D eigenvalue weighted by molar-refractivity contribution is 0.672. The molecule has 10 aromatic carbocycles. The second-order valence-corrected chi connectivity index (χ2v) is 15.0. The predicted octanol–water partition coefficient (Wildman–Crippen LogP) is 15.8. The van der Waals surface area contributed by atoms with Crippen molar-refractivity contribution in [2.24, 2.45) is 0 Å². The van der Waals surface area contributed by atoms with Crippen LogP contribution in [0.2, 0.25) is 0 Å². The number of aromatic nitrogens is 1. The quantitative estimate of drug-likeness (QED) is 0.168. The minimum absolute atomic E-state index is 0.134. The number of para-hydroxylation sites is 4. The minimum atomic E-state index is -0.150. The molecule has 12 rings (SSSR count). The first-order valence-corrected chi connectivity index (χ1v) is 19.9. The molecule has 2 aromatic heterocycles. The molecule has 0 aliphatic heterocycles. The first kappa shape index (κ1) is 29.4. The third kappa shape index (κ3) is 5.36. The van der Waals surface area contributed by atoms with Gasteiger partial charge in [-0.1, -0.05) is 146 Å². The zero-order valence-corrected chi connectivity index (χ0v) is 31.8. The normalized spacial score (nSPS) is 12.7. The third-order valence-corrected chi connectivity index (χ3v) is 11.7. The fourth-order valence-electron chi connectivity index (χ4n) is 8.92. The van der Waals surface area contributed by atoms with E-state index in [0.717, 1.165) is 87.5 Å². The lowest BCUT2D eigenvalue weighted by Gasteiger charge is -2.28. The van der Waals surface area contributed by atoms with Gasteiger partial charge in [0.25, 0.3) is 0 Å². The van der Waals surface area contributed by atoms with Gasteiger partial charge in [0.1, 0.15) is 11.2 Å². The smallest absolute Gasteiger partial charge is 0.143 e. The Bertz CT molecular complexity index is 3720. The Morgan fingerprint density at radius 3 is 1.80 bits per heavy atom. The summed E-state index contributed by atoms with van der Waals surface area (Å²) in [5.74, 6) is 0.